The molecular formula is C32H38N4O5S2. The topological polar surface area (TPSA) is 117 Å². The number of methoxy groups -OCH3 is 1. The van der Waals surface area contributed by atoms with Crippen LogP contribution in [0.25, 0.3) is 0 Å². The van der Waals surface area contributed by atoms with E-state index >= 15 is 0 Å². The second-order valence-electron chi connectivity index (χ2n) is 10.5. The molecule has 1 aliphatic rings. The number of rotatable bonds is 12. The summed E-state index contributed by atoms with van der Waals surface area (Å²) in [7, 11) is -2.62. The van der Waals surface area contributed by atoms with Crippen molar-refractivity contribution >= 4 is 44.9 Å². The Bertz CT molecular complexity index is 1500. The molecule has 0 saturated carbocycles. The third-order valence-electron chi connectivity index (χ3n) is 7.36. The number of ether oxygens (including phenoxy) is 1. The third-order valence-corrected chi connectivity index (χ3v) is 9.53. The number of carbonyl (C=O) groups is 2. The van der Waals surface area contributed by atoms with Crippen molar-refractivity contribution in [1.82, 2.24) is 14.9 Å². The average Bonchev–Trinajstić information content (AvgIpc) is 3.52. The van der Waals surface area contributed by atoms with Gasteiger partial charge in [0, 0.05) is 25.2 Å². The minimum atomic E-state index is -3.87. The maximum atomic E-state index is 13.3. The molecule has 228 valence electrons. The molecule has 3 aromatic rings. The van der Waals surface area contributed by atoms with Gasteiger partial charge in [-0.05, 0) is 80.2 Å². The lowest BCUT2D eigenvalue weighted by Crippen LogP contribution is -2.51. The van der Waals surface area contributed by atoms with E-state index in [0.29, 0.717) is 18.0 Å². The van der Waals surface area contributed by atoms with Crippen molar-refractivity contribution < 1.29 is 22.7 Å². The highest BCUT2D eigenvalue weighted by Crippen LogP contribution is 2.27. The Morgan fingerprint density at radius 2 is 1.70 bits per heavy atom. The van der Waals surface area contributed by atoms with Crippen LogP contribution >= 0.6 is 12.2 Å². The molecule has 1 saturated heterocycles. The zero-order valence-electron chi connectivity index (χ0n) is 24.4. The van der Waals surface area contributed by atoms with Crippen LogP contribution in [0.2, 0.25) is 0 Å². The van der Waals surface area contributed by atoms with Crippen LogP contribution in [0.4, 0.5) is 5.69 Å². The Balaban J connectivity index is 1.32. The largest absolute Gasteiger partial charge is 0.467 e. The van der Waals surface area contributed by atoms with Gasteiger partial charge in [0.15, 0.2) is 5.11 Å². The van der Waals surface area contributed by atoms with E-state index in [-0.39, 0.29) is 17.9 Å². The Kier molecular flexibility index (Phi) is 11.3. The van der Waals surface area contributed by atoms with E-state index in [4.69, 9.17) is 17.0 Å². The highest BCUT2D eigenvalue weighted by Gasteiger charge is 2.40. The highest BCUT2D eigenvalue weighted by atomic mass is 32.2. The first kappa shape index (κ1) is 32.1. The van der Waals surface area contributed by atoms with Crippen molar-refractivity contribution in [3.05, 3.63) is 95.6 Å². The Hall–Kier alpha value is -3.80. The van der Waals surface area contributed by atoms with Crippen LogP contribution in [-0.2, 0) is 37.2 Å². The number of amides is 1. The van der Waals surface area contributed by atoms with Gasteiger partial charge in [-0.15, -0.1) is 0 Å². The van der Waals surface area contributed by atoms with Gasteiger partial charge in [0.1, 0.15) is 12.1 Å². The lowest BCUT2D eigenvalue weighted by atomic mass is 10.0. The molecule has 0 aromatic heterocycles. The highest BCUT2D eigenvalue weighted by molar-refractivity contribution is 7.89. The summed E-state index contributed by atoms with van der Waals surface area (Å²) in [5.41, 5.74) is 3.80. The quantitative estimate of drug-likeness (QED) is 0.158. The summed E-state index contributed by atoms with van der Waals surface area (Å²) in [6.45, 7) is 2.85. The summed E-state index contributed by atoms with van der Waals surface area (Å²) in [5, 5.41) is 9.63. The summed E-state index contributed by atoms with van der Waals surface area (Å²) in [6, 6.07) is 22.3. The van der Waals surface area contributed by atoms with Crippen LogP contribution in [0, 0.1) is 6.92 Å². The number of carbonyl (C=O) groups excluding carboxylic acids is 2. The van der Waals surface area contributed by atoms with Gasteiger partial charge in [0.05, 0.1) is 12.0 Å². The first-order valence-corrected chi connectivity index (χ1v) is 16.2. The van der Waals surface area contributed by atoms with Crippen LogP contribution in [0.1, 0.15) is 36.0 Å². The smallest absolute Gasteiger partial charge is 0.328 e. The lowest BCUT2D eigenvalue weighted by Gasteiger charge is -2.25. The SMILES string of the molecule is COC(=O)[C@H](Cc1ccc(NC(=S)NCCCc2ccccc2)cc1)NC(=O)[C@@H]1CCCN1S(=O)(=O)c1ccc(C)cc1. The second-order valence-corrected chi connectivity index (χ2v) is 12.8. The molecule has 1 fully saturated rings. The van der Waals surface area contributed by atoms with Gasteiger partial charge in [0.25, 0.3) is 0 Å². The lowest BCUT2D eigenvalue weighted by molar-refractivity contribution is -0.145. The van der Waals surface area contributed by atoms with Crippen molar-refractivity contribution in [3.63, 3.8) is 0 Å². The molecule has 3 aromatic carbocycles. The van der Waals surface area contributed by atoms with E-state index in [9.17, 15) is 18.0 Å². The molecule has 0 bridgehead atoms. The standard InChI is InChI=1S/C32H38N4O5S2/c1-23-12-18-27(19-13-23)43(39,40)36-21-7-11-29(36)30(37)35-28(31(38)41-2)22-25-14-16-26(17-15-25)34-32(42)33-20-6-10-24-8-4-3-5-9-24/h3-5,8-9,12-19,28-29H,6-7,10-11,20-22H2,1-2H3,(H,35,37)(H2,33,34,42)/t28-,29-/m0/s1. The molecule has 1 aliphatic heterocycles. The molecule has 0 unspecified atom stereocenters. The number of benzene rings is 3. The van der Waals surface area contributed by atoms with E-state index in [0.717, 1.165) is 36.2 Å². The van der Waals surface area contributed by atoms with E-state index in [1.54, 1.807) is 24.3 Å². The number of thiocarbonyl (C=S) groups is 1. The maximum absolute atomic E-state index is 13.3. The monoisotopic (exact) mass is 622 g/mol. The van der Waals surface area contributed by atoms with E-state index in [1.165, 1.54) is 17.0 Å². The van der Waals surface area contributed by atoms with Crippen LogP contribution in [0.15, 0.2) is 83.8 Å². The van der Waals surface area contributed by atoms with Gasteiger partial charge < -0.3 is 20.7 Å². The molecule has 9 nitrogen and oxygen atoms in total. The first-order valence-electron chi connectivity index (χ1n) is 14.3. The fourth-order valence-electron chi connectivity index (χ4n) is 5.01. The second kappa shape index (κ2) is 15.1. The van der Waals surface area contributed by atoms with E-state index in [1.807, 2.05) is 49.4 Å². The fourth-order valence-corrected chi connectivity index (χ4v) is 6.89. The number of sulfonamides is 1. The Morgan fingerprint density at radius 1 is 1.00 bits per heavy atom. The summed E-state index contributed by atoms with van der Waals surface area (Å²) in [4.78, 5) is 26.1. The van der Waals surface area contributed by atoms with Gasteiger partial charge in [-0.3, -0.25) is 4.79 Å². The number of nitrogens with one attached hydrogen (secondary N) is 3. The Labute approximate surface area is 259 Å². The van der Waals surface area contributed by atoms with Crippen LogP contribution < -0.4 is 16.0 Å². The van der Waals surface area contributed by atoms with Crippen LogP contribution in [0.3, 0.4) is 0 Å². The summed E-state index contributed by atoms with van der Waals surface area (Å²) >= 11 is 5.41. The summed E-state index contributed by atoms with van der Waals surface area (Å²) in [6.07, 6.45) is 3.00. The zero-order chi connectivity index (χ0) is 30.8. The van der Waals surface area contributed by atoms with Crippen molar-refractivity contribution in [2.45, 2.75) is 56.0 Å². The number of nitrogens with zero attached hydrogens (tertiary/aromatic N) is 1. The molecule has 11 heteroatoms. The van der Waals surface area contributed by atoms with Gasteiger partial charge in [0.2, 0.25) is 15.9 Å². The molecule has 43 heavy (non-hydrogen) atoms. The number of hydrogen-bond donors (Lipinski definition) is 3. The minimum Gasteiger partial charge on any atom is -0.467 e. The van der Waals surface area contributed by atoms with E-state index < -0.39 is 34.0 Å². The van der Waals surface area contributed by atoms with Gasteiger partial charge >= 0.3 is 5.97 Å². The molecule has 3 N–H and O–H groups in total. The third kappa shape index (κ3) is 8.85. The predicted molar refractivity (Wildman–Crippen MR) is 171 cm³/mol. The first-order chi connectivity index (χ1) is 20.7. The Morgan fingerprint density at radius 3 is 2.37 bits per heavy atom. The van der Waals surface area contributed by atoms with Crippen molar-refractivity contribution in [3.8, 4) is 0 Å². The fraction of sp³-hybridized carbons (Fsp3) is 0.344. The molecule has 0 radical (unpaired) electrons. The molecular weight excluding hydrogens is 585 g/mol. The molecule has 1 amide bonds. The number of esters is 1. The molecule has 1 heterocycles. The number of anilines is 1. The number of hydrogen-bond acceptors (Lipinski definition) is 6. The maximum Gasteiger partial charge on any atom is 0.328 e. The van der Waals surface area contributed by atoms with Crippen molar-refractivity contribution in [2.24, 2.45) is 0 Å². The molecule has 4 rings (SSSR count). The average molecular weight is 623 g/mol. The van der Waals surface area contributed by atoms with Crippen LogP contribution in [0.5, 0.6) is 0 Å². The van der Waals surface area contributed by atoms with Crippen molar-refractivity contribution in [2.75, 3.05) is 25.5 Å². The van der Waals surface area contributed by atoms with Gasteiger partial charge in [-0.1, -0.05) is 60.2 Å². The predicted octanol–water partition coefficient (Wildman–Crippen LogP) is 3.97. The van der Waals surface area contributed by atoms with E-state index in [2.05, 4.69) is 28.1 Å². The molecule has 0 spiro atoms. The van der Waals surface area contributed by atoms with Gasteiger partial charge in [-0.2, -0.15) is 4.31 Å². The van der Waals surface area contributed by atoms with Crippen LogP contribution in [-0.4, -0.2) is 62.0 Å². The van der Waals surface area contributed by atoms with Gasteiger partial charge in [-0.25, -0.2) is 13.2 Å². The minimum absolute atomic E-state index is 0.137. The summed E-state index contributed by atoms with van der Waals surface area (Å²) in [5.74, 6) is -1.13. The van der Waals surface area contributed by atoms with Crippen molar-refractivity contribution in [1.29, 1.82) is 0 Å². The number of aryl methyl sites for hydroxylation is 2. The summed E-state index contributed by atoms with van der Waals surface area (Å²) < 4.78 is 32.8. The molecule has 0 aliphatic carbocycles. The molecule has 2 atom stereocenters. The zero-order valence-corrected chi connectivity index (χ0v) is 26.0. The normalized spacial score (nSPS) is 15.8.